The van der Waals surface area contributed by atoms with Gasteiger partial charge < -0.3 is 0 Å². The lowest BCUT2D eigenvalue weighted by atomic mass is 9.99. The lowest BCUT2D eigenvalue weighted by Crippen LogP contribution is -2.07. The second-order valence-corrected chi connectivity index (χ2v) is 14.3. The summed E-state index contributed by atoms with van der Waals surface area (Å²) in [6.07, 6.45) is 0. The highest BCUT2D eigenvalue weighted by Crippen LogP contribution is 2.44. The van der Waals surface area contributed by atoms with Crippen LogP contribution in [0.3, 0.4) is 0 Å². The van der Waals surface area contributed by atoms with Crippen LogP contribution in [0, 0.1) is 0 Å². The van der Waals surface area contributed by atoms with Gasteiger partial charge in [-0.05, 0) is 45.8 Å². The van der Waals surface area contributed by atoms with Gasteiger partial charge in [0.25, 0.3) is 0 Å². The standard InChI is InChI=1S/C47H28N4S/c1-2-13-30(14-3-1)45-48-46(34-25-24-29-12-4-5-15-31(29)26-34)50-47(49-45)51-41-28-33-17-7-6-16-32(33)27-40(41)37-20-10-19-36(43(37)51)39-22-11-21-38-35-18-8-9-23-42(35)52-44(38)39/h1-28H. The molecule has 0 atom stereocenters. The zero-order valence-electron chi connectivity index (χ0n) is 27.9. The van der Waals surface area contributed by atoms with Crippen molar-refractivity contribution in [2.75, 3.05) is 0 Å². The van der Waals surface area contributed by atoms with E-state index in [-0.39, 0.29) is 0 Å². The molecule has 0 spiro atoms. The summed E-state index contributed by atoms with van der Waals surface area (Å²) in [6.45, 7) is 0. The molecule has 3 aromatic heterocycles. The number of nitrogens with zero attached hydrogens (tertiary/aromatic N) is 4. The molecule has 8 aromatic carbocycles. The Kier molecular flexibility index (Phi) is 6.39. The molecule has 0 aliphatic rings. The predicted octanol–water partition coefficient (Wildman–Crippen LogP) is 12.6. The second-order valence-electron chi connectivity index (χ2n) is 13.2. The van der Waals surface area contributed by atoms with Gasteiger partial charge in [-0.1, -0.05) is 146 Å². The van der Waals surface area contributed by atoms with Crippen molar-refractivity contribution in [1.29, 1.82) is 0 Å². The summed E-state index contributed by atoms with van der Waals surface area (Å²) in [5.41, 5.74) is 6.36. The fourth-order valence-electron chi connectivity index (χ4n) is 7.77. The van der Waals surface area contributed by atoms with Crippen molar-refractivity contribution >= 4 is 74.9 Å². The highest BCUT2D eigenvalue weighted by Gasteiger charge is 2.22. The largest absolute Gasteiger partial charge is 0.277 e. The smallest absolute Gasteiger partial charge is 0.238 e. The zero-order chi connectivity index (χ0) is 34.2. The minimum atomic E-state index is 0.586. The van der Waals surface area contributed by atoms with Crippen LogP contribution in [0.25, 0.3) is 103 Å². The van der Waals surface area contributed by atoms with Gasteiger partial charge in [-0.15, -0.1) is 11.3 Å². The predicted molar refractivity (Wildman–Crippen MR) is 218 cm³/mol. The van der Waals surface area contributed by atoms with Gasteiger partial charge in [-0.2, -0.15) is 9.97 Å². The molecule has 0 aliphatic carbocycles. The summed E-state index contributed by atoms with van der Waals surface area (Å²) >= 11 is 1.85. The molecule has 0 fully saturated rings. The van der Waals surface area contributed by atoms with E-state index in [1.165, 1.54) is 41.9 Å². The number of fused-ring (bicyclic) bond motifs is 8. The highest BCUT2D eigenvalue weighted by molar-refractivity contribution is 7.26. The first-order valence-electron chi connectivity index (χ1n) is 17.4. The molecule has 52 heavy (non-hydrogen) atoms. The van der Waals surface area contributed by atoms with E-state index in [1.54, 1.807) is 0 Å². The van der Waals surface area contributed by atoms with Crippen LogP contribution >= 0.6 is 11.3 Å². The topological polar surface area (TPSA) is 43.6 Å². The van der Waals surface area contributed by atoms with Gasteiger partial charge in [0.2, 0.25) is 5.95 Å². The average molecular weight is 681 g/mol. The Morgan fingerprint density at radius 2 is 1.04 bits per heavy atom. The molecule has 0 bridgehead atoms. The summed E-state index contributed by atoms with van der Waals surface area (Å²) in [7, 11) is 0. The molecule has 5 heteroatoms. The van der Waals surface area contributed by atoms with E-state index in [2.05, 4.69) is 156 Å². The van der Waals surface area contributed by atoms with Crippen molar-refractivity contribution < 1.29 is 0 Å². The number of rotatable bonds is 4. The summed E-state index contributed by atoms with van der Waals surface area (Å²) in [5, 5.41) is 9.56. The van der Waals surface area contributed by atoms with E-state index < -0.39 is 0 Å². The van der Waals surface area contributed by atoms with Crippen molar-refractivity contribution in [3.63, 3.8) is 0 Å². The van der Waals surface area contributed by atoms with Crippen molar-refractivity contribution in [3.05, 3.63) is 170 Å². The number of hydrogen-bond acceptors (Lipinski definition) is 4. The van der Waals surface area contributed by atoms with Crippen LogP contribution in [0.4, 0.5) is 0 Å². The van der Waals surface area contributed by atoms with Gasteiger partial charge in [0.15, 0.2) is 11.6 Å². The first-order valence-corrected chi connectivity index (χ1v) is 18.3. The number of para-hydroxylation sites is 1. The third-order valence-electron chi connectivity index (χ3n) is 10.2. The van der Waals surface area contributed by atoms with Crippen LogP contribution in [-0.2, 0) is 0 Å². The maximum atomic E-state index is 5.33. The Morgan fingerprint density at radius 1 is 0.404 bits per heavy atom. The van der Waals surface area contributed by atoms with Crippen LogP contribution in [0.5, 0.6) is 0 Å². The van der Waals surface area contributed by atoms with Gasteiger partial charge in [-0.3, -0.25) is 4.57 Å². The van der Waals surface area contributed by atoms with Crippen molar-refractivity contribution in [3.8, 4) is 39.9 Å². The number of thiophene rings is 1. The third kappa shape index (κ3) is 4.50. The summed E-state index contributed by atoms with van der Waals surface area (Å²) in [5.74, 6) is 1.85. The molecular weight excluding hydrogens is 653 g/mol. The van der Waals surface area contributed by atoms with Crippen molar-refractivity contribution in [2.24, 2.45) is 0 Å². The first-order chi connectivity index (χ1) is 25.8. The molecule has 242 valence electrons. The zero-order valence-corrected chi connectivity index (χ0v) is 28.7. The molecule has 0 saturated carbocycles. The molecule has 11 rings (SSSR count). The molecule has 0 saturated heterocycles. The van der Waals surface area contributed by atoms with E-state index in [0.29, 0.717) is 17.6 Å². The van der Waals surface area contributed by atoms with Crippen LogP contribution in [-0.4, -0.2) is 19.5 Å². The lowest BCUT2D eigenvalue weighted by molar-refractivity contribution is 0.954. The van der Waals surface area contributed by atoms with Crippen LogP contribution in [0.2, 0.25) is 0 Å². The van der Waals surface area contributed by atoms with Crippen molar-refractivity contribution in [2.45, 2.75) is 0 Å². The number of hydrogen-bond donors (Lipinski definition) is 0. The monoisotopic (exact) mass is 680 g/mol. The fraction of sp³-hybridized carbons (Fsp3) is 0. The van der Waals surface area contributed by atoms with Crippen molar-refractivity contribution in [1.82, 2.24) is 19.5 Å². The molecule has 4 nitrogen and oxygen atoms in total. The first kappa shape index (κ1) is 29.1. The molecule has 11 aromatic rings. The fourth-order valence-corrected chi connectivity index (χ4v) is 9.00. The normalized spacial score (nSPS) is 11.8. The SMILES string of the molecule is c1ccc(-c2nc(-c3ccc4ccccc4c3)nc(-n3c4cc5ccccc5cc4c4cccc(-c5cccc6c5sc5ccccc56)c43)n2)cc1. The molecule has 0 radical (unpaired) electrons. The summed E-state index contributed by atoms with van der Waals surface area (Å²) in [6, 6.07) is 60.3. The van der Waals surface area contributed by atoms with Crippen LogP contribution < -0.4 is 0 Å². The van der Waals surface area contributed by atoms with E-state index in [4.69, 9.17) is 15.0 Å². The minimum Gasteiger partial charge on any atom is -0.277 e. The minimum absolute atomic E-state index is 0.586. The maximum Gasteiger partial charge on any atom is 0.238 e. The van der Waals surface area contributed by atoms with E-state index in [9.17, 15) is 0 Å². The Morgan fingerprint density at radius 3 is 1.87 bits per heavy atom. The average Bonchev–Trinajstić information content (AvgIpc) is 3.75. The van der Waals surface area contributed by atoms with Gasteiger partial charge in [-0.25, -0.2) is 4.98 Å². The van der Waals surface area contributed by atoms with E-state index in [0.717, 1.165) is 43.9 Å². The molecule has 0 amide bonds. The lowest BCUT2D eigenvalue weighted by Gasteiger charge is -2.13. The van der Waals surface area contributed by atoms with Gasteiger partial charge >= 0.3 is 0 Å². The molecular formula is C47H28N4S. The van der Waals surface area contributed by atoms with Gasteiger partial charge in [0.05, 0.1) is 11.0 Å². The Hall–Kier alpha value is -6.69. The second kappa shape index (κ2) is 11.4. The molecule has 0 aliphatic heterocycles. The Balaban J connectivity index is 1.27. The van der Waals surface area contributed by atoms with E-state index in [1.807, 2.05) is 29.5 Å². The number of aromatic nitrogens is 4. The van der Waals surface area contributed by atoms with Gasteiger partial charge in [0, 0.05) is 53.2 Å². The quantitative estimate of drug-likeness (QED) is 0.186. The maximum absolute atomic E-state index is 5.33. The molecule has 0 unspecified atom stereocenters. The third-order valence-corrected chi connectivity index (χ3v) is 11.4. The number of benzene rings is 8. The van der Waals surface area contributed by atoms with Gasteiger partial charge in [0.1, 0.15) is 0 Å². The summed E-state index contributed by atoms with van der Waals surface area (Å²) < 4.78 is 4.83. The van der Waals surface area contributed by atoms with Crippen LogP contribution in [0.15, 0.2) is 170 Å². The Bertz CT molecular complexity index is 3190. The van der Waals surface area contributed by atoms with E-state index >= 15 is 0 Å². The molecule has 3 heterocycles. The Labute approximate surface area is 302 Å². The van der Waals surface area contributed by atoms with Crippen LogP contribution in [0.1, 0.15) is 0 Å². The molecule has 0 N–H and O–H groups in total. The highest BCUT2D eigenvalue weighted by atomic mass is 32.1. The summed E-state index contributed by atoms with van der Waals surface area (Å²) in [4.78, 5) is 15.7.